The van der Waals surface area contributed by atoms with Gasteiger partial charge in [-0.3, -0.25) is 0 Å². The number of piperidine rings is 1. The van der Waals surface area contributed by atoms with Crippen LogP contribution in [0, 0.1) is 6.92 Å². The molecule has 86 valence electrons. The quantitative estimate of drug-likeness (QED) is 0.694. The molecule has 0 bridgehead atoms. The van der Waals surface area contributed by atoms with E-state index in [9.17, 15) is 0 Å². The fourth-order valence-corrected chi connectivity index (χ4v) is 3.37. The number of hydrogen-bond donors (Lipinski definition) is 0. The van der Waals surface area contributed by atoms with E-state index in [1.807, 2.05) is 0 Å². The van der Waals surface area contributed by atoms with Gasteiger partial charge in [-0.25, -0.2) is 0 Å². The van der Waals surface area contributed by atoms with Gasteiger partial charge in [0, 0.05) is 6.04 Å². The van der Waals surface area contributed by atoms with Crippen molar-refractivity contribution in [3.8, 4) is 0 Å². The summed E-state index contributed by atoms with van der Waals surface area (Å²) in [5.74, 6) is 0.819. The zero-order valence-electron chi connectivity index (χ0n) is 10.2. The molecule has 2 aliphatic rings. The van der Waals surface area contributed by atoms with Crippen LogP contribution in [0.5, 0.6) is 0 Å². The van der Waals surface area contributed by atoms with Crippen LogP contribution in [0.2, 0.25) is 0 Å². The predicted octanol–water partition coefficient (Wildman–Crippen LogP) is 3.34. The van der Waals surface area contributed by atoms with Crippen LogP contribution in [0.15, 0.2) is 24.3 Å². The third-order valence-corrected chi connectivity index (χ3v) is 4.37. The molecule has 2 fully saturated rings. The minimum Gasteiger partial charge on any atom is -0.300 e. The molecule has 2 unspecified atom stereocenters. The highest BCUT2D eigenvalue weighted by atomic mass is 15.2. The summed E-state index contributed by atoms with van der Waals surface area (Å²) in [6.45, 7) is 4.85. The van der Waals surface area contributed by atoms with Crippen molar-refractivity contribution in [3.05, 3.63) is 35.4 Å². The molecule has 1 aromatic rings. The van der Waals surface area contributed by atoms with Crippen LogP contribution in [0.3, 0.4) is 0 Å². The van der Waals surface area contributed by atoms with Gasteiger partial charge in [-0.2, -0.15) is 0 Å². The summed E-state index contributed by atoms with van der Waals surface area (Å²) < 4.78 is 0. The maximum Gasteiger partial charge on any atom is 0.0102 e. The van der Waals surface area contributed by atoms with Crippen LogP contribution in [-0.2, 0) is 0 Å². The standard InChI is InChI=1S/C15H21N/c1-12-4-6-13(7-5-12)14-8-10-16-9-2-3-15(16)11-14/h4-7,14-15H,2-3,8-11H2,1H3. The molecule has 0 amide bonds. The molecule has 3 rings (SSSR count). The zero-order chi connectivity index (χ0) is 11.0. The molecular formula is C15H21N. The van der Waals surface area contributed by atoms with E-state index in [0.29, 0.717) is 0 Å². The Balaban J connectivity index is 1.74. The molecule has 0 aliphatic carbocycles. The number of hydrogen-bond acceptors (Lipinski definition) is 1. The van der Waals surface area contributed by atoms with E-state index in [2.05, 4.69) is 36.1 Å². The van der Waals surface area contributed by atoms with Crippen molar-refractivity contribution in [1.82, 2.24) is 4.90 Å². The van der Waals surface area contributed by atoms with Crippen molar-refractivity contribution < 1.29 is 0 Å². The summed E-state index contributed by atoms with van der Waals surface area (Å²) in [6.07, 6.45) is 5.61. The topological polar surface area (TPSA) is 3.24 Å². The molecule has 2 atom stereocenters. The van der Waals surface area contributed by atoms with Gasteiger partial charge in [-0.15, -0.1) is 0 Å². The van der Waals surface area contributed by atoms with Gasteiger partial charge < -0.3 is 4.90 Å². The smallest absolute Gasteiger partial charge is 0.0102 e. The second-order valence-electron chi connectivity index (χ2n) is 5.46. The Kier molecular flexibility index (Phi) is 2.72. The fourth-order valence-electron chi connectivity index (χ4n) is 3.37. The lowest BCUT2D eigenvalue weighted by molar-refractivity contribution is 0.181. The lowest BCUT2D eigenvalue weighted by Crippen LogP contribution is -2.37. The van der Waals surface area contributed by atoms with E-state index in [0.717, 1.165) is 12.0 Å². The van der Waals surface area contributed by atoms with Gasteiger partial charge in [-0.1, -0.05) is 29.8 Å². The first-order valence-electron chi connectivity index (χ1n) is 6.63. The third kappa shape index (κ3) is 1.89. The minimum absolute atomic E-state index is 0.819. The predicted molar refractivity (Wildman–Crippen MR) is 67.7 cm³/mol. The lowest BCUT2D eigenvalue weighted by Gasteiger charge is -2.35. The summed E-state index contributed by atoms with van der Waals surface area (Å²) in [5, 5.41) is 0. The first-order chi connectivity index (χ1) is 7.83. The summed E-state index contributed by atoms with van der Waals surface area (Å²) in [6, 6.07) is 10.1. The highest BCUT2D eigenvalue weighted by molar-refractivity contribution is 5.25. The molecule has 1 nitrogen and oxygen atoms in total. The Morgan fingerprint density at radius 1 is 1.06 bits per heavy atom. The van der Waals surface area contributed by atoms with Crippen molar-refractivity contribution in [2.24, 2.45) is 0 Å². The van der Waals surface area contributed by atoms with E-state index >= 15 is 0 Å². The summed E-state index contributed by atoms with van der Waals surface area (Å²) in [5.41, 5.74) is 2.94. The molecule has 0 aromatic heterocycles. The van der Waals surface area contributed by atoms with E-state index in [1.165, 1.54) is 44.3 Å². The zero-order valence-corrected chi connectivity index (χ0v) is 10.2. The van der Waals surface area contributed by atoms with Gasteiger partial charge >= 0.3 is 0 Å². The number of nitrogens with zero attached hydrogens (tertiary/aromatic N) is 1. The molecule has 0 radical (unpaired) electrons. The first kappa shape index (κ1) is 10.3. The second kappa shape index (κ2) is 4.21. The van der Waals surface area contributed by atoms with Crippen LogP contribution < -0.4 is 0 Å². The van der Waals surface area contributed by atoms with E-state index in [-0.39, 0.29) is 0 Å². The van der Waals surface area contributed by atoms with E-state index in [4.69, 9.17) is 0 Å². The summed E-state index contributed by atoms with van der Waals surface area (Å²) >= 11 is 0. The van der Waals surface area contributed by atoms with Gasteiger partial charge in [0.25, 0.3) is 0 Å². The van der Waals surface area contributed by atoms with E-state index < -0.39 is 0 Å². The fraction of sp³-hybridized carbons (Fsp3) is 0.600. The normalized spacial score (nSPS) is 30.3. The van der Waals surface area contributed by atoms with E-state index in [1.54, 1.807) is 5.56 Å². The molecule has 2 aliphatic heterocycles. The highest BCUT2D eigenvalue weighted by Gasteiger charge is 2.31. The van der Waals surface area contributed by atoms with Crippen LogP contribution >= 0.6 is 0 Å². The second-order valence-corrected chi connectivity index (χ2v) is 5.46. The molecule has 0 N–H and O–H groups in total. The van der Waals surface area contributed by atoms with Gasteiger partial charge in [0.1, 0.15) is 0 Å². The Labute approximate surface area is 98.5 Å². The minimum atomic E-state index is 0.819. The summed E-state index contributed by atoms with van der Waals surface area (Å²) in [4.78, 5) is 2.70. The van der Waals surface area contributed by atoms with Crippen LogP contribution in [-0.4, -0.2) is 24.0 Å². The number of aryl methyl sites for hydroxylation is 1. The Morgan fingerprint density at radius 3 is 2.69 bits per heavy atom. The lowest BCUT2D eigenvalue weighted by atomic mass is 9.85. The largest absolute Gasteiger partial charge is 0.300 e. The maximum atomic E-state index is 2.70. The van der Waals surface area contributed by atoms with Gasteiger partial charge in [0.05, 0.1) is 0 Å². The summed E-state index contributed by atoms with van der Waals surface area (Å²) in [7, 11) is 0. The average molecular weight is 215 g/mol. The van der Waals surface area contributed by atoms with Gasteiger partial charge in [0.15, 0.2) is 0 Å². The molecule has 2 heterocycles. The number of benzene rings is 1. The third-order valence-electron chi connectivity index (χ3n) is 4.37. The average Bonchev–Trinajstić information content (AvgIpc) is 2.77. The molecule has 2 saturated heterocycles. The Bertz CT molecular complexity index is 354. The monoisotopic (exact) mass is 215 g/mol. The van der Waals surface area contributed by atoms with Gasteiger partial charge in [-0.05, 0) is 57.2 Å². The molecule has 1 aromatic carbocycles. The van der Waals surface area contributed by atoms with Crippen LogP contribution in [0.25, 0.3) is 0 Å². The van der Waals surface area contributed by atoms with Crippen molar-refractivity contribution >= 4 is 0 Å². The molecule has 0 spiro atoms. The van der Waals surface area contributed by atoms with Gasteiger partial charge in [0.2, 0.25) is 0 Å². The van der Waals surface area contributed by atoms with Crippen molar-refractivity contribution in [3.63, 3.8) is 0 Å². The maximum absolute atomic E-state index is 2.70. The number of fused-ring (bicyclic) bond motifs is 1. The van der Waals surface area contributed by atoms with Crippen molar-refractivity contribution in [2.45, 2.75) is 44.6 Å². The van der Waals surface area contributed by atoms with Crippen molar-refractivity contribution in [2.75, 3.05) is 13.1 Å². The Morgan fingerprint density at radius 2 is 1.88 bits per heavy atom. The SMILES string of the molecule is Cc1ccc(C2CCN3CCCC3C2)cc1. The van der Waals surface area contributed by atoms with Crippen LogP contribution in [0.4, 0.5) is 0 Å². The molecule has 16 heavy (non-hydrogen) atoms. The molecule has 1 heteroatoms. The number of rotatable bonds is 1. The Hall–Kier alpha value is -0.820. The first-order valence-corrected chi connectivity index (χ1v) is 6.63. The highest BCUT2D eigenvalue weighted by Crippen LogP contribution is 2.35. The van der Waals surface area contributed by atoms with Crippen LogP contribution in [0.1, 0.15) is 42.7 Å². The van der Waals surface area contributed by atoms with Crippen molar-refractivity contribution in [1.29, 1.82) is 0 Å². The molecular weight excluding hydrogens is 194 g/mol. The molecule has 0 saturated carbocycles.